The fourth-order valence-electron chi connectivity index (χ4n) is 1.86. The number of benzene rings is 1. The molecule has 0 fully saturated rings. The molecule has 1 aromatic carbocycles. The summed E-state index contributed by atoms with van der Waals surface area (Å²) in [5, 5.41) is 3.19. The van der Waals surface area contributed by atoms with E-state index in [2.05, 4.69) is 15.3 Å². The van der Waals surface area contributed by atoms with Crippen LogP contribution >= 0.6 is 0 Å². The number of nitrogens with zero attached hydrogens (tertiary/aromatic N) is 2. The average Bonchev–Trinajstić information content (AvgIpc) is 2.40. The molecule has 1 heterocycles. The number of aryl methyl sites for hydroxylation is 1. The molecule has 0 saturated heterocycles. The Morgan fingerprint density at radius 3 is 2.33 bits per heavy atom. The highest BCUT2D eigenvalue weighted by Crippen LogP contribution is 2.18. The predicted molar refractivity (Wildman–Crippen MR) is 82.8 cm³/mol. The summed E-state index contributed by atoms with van der Waals surface area (Å²) in [4.78, 5) is 8.70. The lowest BCUT2D eigenvalue weighted by atomic mass is 10.2. The van der Waals surface area contributed by atoms with E-state index in [1.165, 1.54) is 6.26 Å². The Labute approximate surface area is 124 Å². The van der Waals surface area contributed by atoms with Crippen molar-refractivity contribution < 1.29 is 8.42 Å². The number of anilines is 2. The molecule has 0 saturated carbocycles. The van der Waals surface area contributed by atoms with Crippen molar-refractivity contribution in [2.45, 2.75) is 25.3 Å². The number of nitrogens with one attached hydrogen (secondary N) is 1. The third-order valence-corrected chi connectivity index (χ3v) is 4.24. The van der Waals surface area contributed by atoms with Crippen LogP contribution < -0.4 is 11.1 Å². The number of rotatable bonds is 4. The van der Waals surface area contributed by atoms with Gasteiger partial charge in [0.1, 0.15) is 17.5 Å². The Balaban J connectivity index is 2.14. The third kappa shape index (κ3) is 3.69. The van der Waals surface area contributed by atoms with Gasteiger partial charge >= 0.3 is 0 Å². The predicted octanol–water partition coefficient (Wildman–Crippen LogP) is 1.69. The quantitative estimate of drug-likeness (QED) is 0.892. The molecule has 7 heteroatoms. The Bertz CT molecular complexity index is 755. The van der Waals surface area contributed by atoms with Crippen LogP contribution in [-0.2, 0) is 16.4 Å². The van der Waals surface area contributed by atoms with Crippen LogP contribution in [0.5, 0.6) is 0 Å². The molecule has 0 radical (unpaired) electrons. The van der Waals surface area contributed by atoms with E-state index < -0.39 is 9.84 Å². The highest BCUT2D eigenvalue weighted by molar-refractivity contribution is 7.90. The van der Waals surface area contributed by atoms with E-state index in [0.717, 1.165) is 11.1 Å². The first-order valence-corrected chi connectivity index (χ1v) is 8.30. The highest BCUT2D eigenvalue weighted by Gasteiger charge is 2.08. The van der Waals surface area contributed by atoms with Gasteiger partial charge in [-0.05, 0) is 31.5 Å². The van der Waals surface area contributed by atoms with Crippen molar-refractivity contribution in [3.05, 3.63) is 41.2 Å². The van der Waals surface area contributed by atoms with Crippen LogP contribution in [0.15, 0.2) is 29.2 Å². The Hall–Kier alpha value is -2.15. The average molecular weight is 306 g/mol. The van der Waals surface area contributed by atoms with Gasteiger partial charge < -0.3 is 11.1 Å². The van der Waals surface area contributed by atoms with E-state index >= 15 is 0 Å². The van der Waals surface area contributed by atoms with Gasteiger partial charge in [0.15, 0.2) is 9.84 Å². The molecule has 2 rings (SSSR count). The topological polar surface area (TPSA) is 98.0 Å². The monoisotopic (exact) mass is 306 g/mol. The van der Waals surface area contributed by atoms with Gasteiger partial charge in [-0.2, -0.15) is 0 Å². The maximum atomic E-state index is 11.4. The van der Waals surface area contributed by atoms with Gasteiger partial charge in [0.25, 0.3) is 0 Å². The molecule has 3 N–H and O–H groups in total. The van der Waals surface area contributed by atoms with Gasteiger partial charge in [0.05, 0.1) is 4.90 Å². The molecule has 0 aliphatic heterocycles. The number of sulfone groups is 1. The normalized spacial score (nSPS) is 11.4. The minimum Gasteiger partial charge on any atom is -0.383 e. The largest absolute Gasteiger partial charge is 0.383 e. The summed E-state index contributed by atoms with van der Waals surface area (Å²) in [6.45, 7) is 4.16. The Morgan fingerprint density at radius 1 is 1.14 bits per heavy atom. The maximum absolute atomic E-state index is 11.4. The molecule has 21 heavy (non-hydrogen) atoms. The molecule has 0 aliphatic rings. The summed E-state index contributed by atoms with van der Waals surface area (Å²) in [5.41, 5.74) is 7.55. The van der Waals surface area contributed by atoms with Crippen molar-refractivity contribution in [2.75, 3.05) is 17.3 Å². The summed E-state index contributed by atoms with van der Waals surface area (Å²) in [7, 11) is -3.16. The van der Waals surface area contributed by atoms with Crippen LogP contribution in [0, 0.1) is 13.8 Å². The molecular weight excluding hydrogens is 288 g/mol. The van der Waals surface area contributed by atoms with Crippen molar-refractivity contribution in [1.82, 2.24) is 9.97 Å². The number of aromatic nitrogens is 2. The summed E-state index contributed by atoms with van der Waals surface area (Å²) >= 11 is 0. The SMILES string of the molecule is Cc1nc(N)c(C)c(NCc2ccc(S(C)(=O)=O)cc2)n1. The fraction of sp³-hybridized carbons (Fsp3) is 0.286. The Kier molecular flexibility index (Phi) is 4.13. The van der Waals surface area contributed by atoms with E-state index in [0.29, 0.717) is 28.9 Å². The summed E-state index contributed by atoms with van der Waals surface area (Å²) in [6.07, 6.45) is 1.19. The van der Waals surface area contributed by atoms with Crippen molar-refractivity contribution >= 4 is 21.5 Å². The van der Waals surface area contributed by atoms with Crippen molar-refractivity contribution in [3.8, 4) is 0 Å². The van der Waals surface area contributed by atoms with Gasteiger partial charge in [-0.25, -0.2) is 18.4 Å². The number of hydrogen-bond acceptors (Lipinski definition) is 6. The second kappa shape index (κ2) is 5.69. The van der Waals surface area contributed by atoms with Gasteiger partial charge in [0.2, 0.25) is 0 Å². The van der Waals surface area contributed by atoms with Crippen LogP contribution in [0.3, 0.4) is 0 Å². The molecule has 112 valence electrons. The Morgan fingerprint density at radius 2 is 1.76 bits per heavy atom. The van der Waals surface area contributed by atoms with Crippen molar-refractivity contribution in [1.29, 1.82) is 0 Å². The maximum Gasteiger partial charge on any atom is 0.175 e. The van der Waals surface area contributed by atoms with Crippen LogP contribution in [0.1, 0.15) is 17.0 Å². The zero-order valence-electron chi connectivity index (χ0n) is 12.2. The first-order valence-electron chi connectivity index (χ1n) is 6.41. The first-order chi connectivity index (χ1) is 9.77. The van der Waals surface area contributed by atoms with Crippen molar-refractivity contribution in [2.24, 2.45) is 0 Å². The molecule has 6 nitrogen and oxygen atoms in total. The lowest BCUT2D eigenvalue weighted by Crippen LogP contribution is -2.08. The molecule has 0 atom stereocenters. The highest BCUT2D eigenvalue weighted by atomic mass is 32.2. The fourth-order valence-corrected chi connectivity index (χ4v) is 2.49. The van der Waals surface area contributed by atoms with Crippen LogP contribution in [0.4, 0.5) is 11.6 Å². The molecule has 0 spiro atoms. The van der Waals surface area contributed by atoms with E-state index in [1.54, 1.807) is 31.2 Å². The summed E-state index contributed by atoms with van der Waals surface area (Å²) < 4.78 is 22.8. The molecular formula is C14H18N4O2S. The number of nitrogen functional groups attached to an aromatic ring is 1. The van der Waals surface area contributed by atoms with Gasteiger partial charge in [-0.1, -0.05) is 12.1 Å². The first kappa shape index (κ1) is 15.2. The van der Waals surface area contributed by atoms with E-state index in [9.17, 15) is 8.42 Å². The zero-order chi connectivity index (χ0) is 15.6. The molecule has 0 unspecified atom stereocenters. The smallest absolute Gasteiger partial charge is 0.175 e. The minimum absolute atomic E-state index is 0.310. The lowest BCUT2D eigenvalue weighted by molar-refractivity contribution is 0.602. The zero-order valence-corrected chi connectivity index (χ0v) is 13.0. The standard InChI is InChI=1S/C14H18N4O2S/c1-9-13(15)17-10(2)18-14(9)16-8-11-4-6-12(7-5-11)21(3,19)20/h4-7H,8H2,1-3H3,(H3,15,16,17,18). The number of hydrogen-bond donors (Lipinski definition) is 2. The summed E-state index contributed by atoms with van der Waals surface area (Å²) in [6, 6.07) is 6.74. The molecule has 1 aromatic heterocycles. The van der Waals surface area contributed by atoms with Gasteiger partial charge in [-0.3, -0.25) is 0 Å². The third-order valence-electron chi connectivity index (χ3n) is 3.11. The summed E-state index contributed by atoms with van der Waals surface area (Å²) in [5.74, 6) is 1.75. The second-order valence-electron chi connectivity index (χ2n) is 4.90. The van der Waals surface area contributed by atoms with E-state index in [4.69, 9.17) is 5.73 Å². The van der Waals surface area contributed by atoms with E-state index in [1.807, 2.05) is 6.92 Å². The van der Waals surface area contributed by atoms with Gasteiger partial charge in [-0.15, -0.1) is 0 Å². The van der Waals surface area contributed by atoms with Crippen LogP contribution in [0.25, 0.3) is 0 Å². The molecule has 0 aliphatic carbocycles. The number of nitrogens with two attached hydrogens (primary N) is 1. The molecule has 0 amide bonds. The minimum atomic E-state index is -3.16. The lowest BCUT2D eigenvalue weighted by Gasteiger charge is -2.11. The molecule has 0 bridgehead atoms. The molecule has 2 aromatic rings. The van der Waals surface area contributed by atoms with E-state index in [-0.39, 0.29) is 0 Å². The van der Waals surface area contributed by atoms with Gasteiger partial charge in [0, 0.05) is 18.4 Å². The second-order valence-corrected chi connectivity index (χ2v) is 6.92. The van der Waals surface area contributed by atoms with Crippen LogP contribution in [-0.4, -0.2) is 24.6 Å². The van der Waals surface area contributed by atoms with Crippen molar-refractivity contribution in [3.63, 3.8) is 0 Å². The van der Waals surface area contributed by atoms with Crippen LogP contribution in [0.2, 0.25) is 0 Å².